The van der Waals surface area contributed by atoms with Gasteiger partial charge in [-0.2, -0.15) is 20.1 Å². The van der Waals surface area contributed by atoms with Crippen LogP contribution in [0.5, 0.6) is 5.75 Å². The lowest BCUT2D eigenvalue weighted by Crippen LogP contribution is -2.14. The largest absolute Gasteiger partial charge is 0.431 e. The van der Waals surface area contributed by atoms with Crippen molar-refractivity contribution in [2.45, 2.75) is 6.61 Å². The van der Waals surface area contributed by atoms with Crippen molar-refractivity contribution in [2.75, 3.05) is 5.32 Å². The summed E-state index contributed by atoms with van der Waals surface area (Å²) in [7, 11) is 0. The van der Waals surface area contributed by atoms with E-state index in [4.69, 9.17) is 0 Å². The van der Waals surface area contributed by atoms with Gasteiger partial charge in [-0.15, -0.1) is 0 Å². The van der Waals surface area contributed by atoms with Crippen LogP contribution in [0.2, 0.25) is 0 Å². The molecule has 0 fully saturated rings. The van der Waals surface area contributed by atoms with Crippen LogP contribution in [0.4, 0.5) is 14.6 Å². The van der Waals surface area contributed by atoms with Gasteiger partial charge in [0.2, 0.25) is 0 Å². The quantitative estimate of drug-likeness (QED) is 0.929. The SMILES string of the molecule is O=C(Nc1ncccc1OC(F)F)c1ccsc1. The Morgan fingerprint density at radius 1 is 1.44 bits per heavy atom. The number of thiophene rings is 1. The number of aromatic nitrogens is 1. The predicted octanol–water partition coefficient (Wildman–Crippen LogP) is 3.00. The van der Waals surface area contributed by atoms with Crippen molar-refractivity contribution < 1.29 is 18.3 Å². The van der Waals surface area contributed by atoms with Crippen LogP contribution in [0, 0.1) is 0 Å². The summed E-state index contributed by atoms with van der Waals surface area (Å²) in [5.41, 5.74) is 0.439. The summed E-state index contributed by atoms with van der Waals surface area (Å²) in [6, 6.07) is 4.37. The van der Waals surface area contributed by atoms with Crippen molar-refractivity contribution in [3.8, 4) is 5.75 Å². The van der Waals surface area contributed by atoms with E-state index < -0.39 is 12.5 Å². The van der Waals surface area contributed by atoms with Gasteiger partial charge in [0.15, 0.2) is 11.6 Å². The molecule has 2 heterocycles. The van der Waals surface area contributed by atoms with Gasteiger partial charge in [-0.1, -0.05) is 0 Å². The number of nitrogens with one attached hydrogen (secondary N) is 1. The summed E-state index contributed by atoms with van der Waals surface area (Å²) in [4.78, 5) is 15.5. The smallest absolute Gasteiger partial charge is 0.387 e. The minimum absolute atomic E-state index is 0.0333. The van der Waals surface area contributed by atoms with E-state index in [1.807, 2.05) is 0 Å². The van der Waals surface area contributed by atoms with Gasteiger partial charge in [-0.3, -0.25) is 4.79 Å². The lowest BCUT2D eigenvalue weighted by atomic mass is 10.3. The van der Waals surface area contributed by atoms with Gasteiger partial charge in [-0.05, 0) is 23.6 Å². The second-order valence-electron chi connectivity index (χ2n) is 3.19. The number of halogens is 2. The number of hydrogen-bond donors (Lipinski definition) is 1. The molecule has 7 heteroatoms. The van der Waals surface area contributed by atoms with Crippen LogP contribution in [0.25, 0.3) is 0 Å². The number of nitrogens with zero attached hydrogens (tertiary/aromatic N) is 1. The molecule has 0 atom stereocenters. The highest BCUT2D eigenvalue weighted by Gasteiger charge is 2.13. The van der Waals surface area contributed by atoms with Crippen molar-refractivity contribution in [2.24, 2.45) is 0 Å². The number of anilines is 1. The lowest BCUT2D eigenvalue weighted by Gasteiger charge is -2.09. The number of carbonyl (C=O) groups is 1. The summed E-state index contributed by atoms with van der Waals surface area (Å²) in [6.07, 6.45) is 1.38. The molecule has 94 valence electrons. The van der Waals surface area contributed by atoms with Gasteiger partial charge in [-0.25, -0.2) is 4.98 Å². The zero-order chi connectivity index (χ0) is 13.0. The second kappa shape index (κ2) is 5.54. The molecule has 0 aliphatic rings. The standard InChI is InChI=1S/C11H8F2N2O2S/c12-11(13)17-8-2-1-4-14-9(8)15-10(16)7-3-5-18-6-7/h1-6,11H,(H,14,15,16). The van der Waals surface area contributed by atoms with Crippen LogP contribution in [0.15, 0.2) is 35.2 Å². The maximum Gasteiger partial charge on any atom is 0.387 e. The Hall–Kier alpha value is -2.02. The van der Waals surface area contributed by atoms with Gasteiger partial charge in [0.25, 0.3) is 5.91 Å². The van der Waals surface area contributed by atoms with E-state index in [0.717, 1.165) is 0 Å². The number of hydrogen-bond acceptors (Lipinski definition) is 4. The van der Waals surface area contributed by atoms with E-state index in [9.17, 15) is 13.6 Å². The third-order valence-electron chi connectivity index (χ3n) is 2.00. The van der Waals surface area contributed by atoms with Crippen LogP contribution < -0.4 is 10.1 Å². The fourth-order valence-corrected chi connectivity index (χ4v) is 1.88. The van der Waals surface area contributed by atoms with Crippen molar-refractivity contribution in [3.63, 3.8) is 0 Å². The molecule has 0 saturated carbocycles. The molecule has 4 nitrogen and oxygen atoms in total. The summed E-state index contributed by atoms with van der Waals surface area (Å²) in [5, 5.41) is 5.80. The van der Waals surface area contributed by atoms with Crippen molar-refractivity contribution in [1.29, 1.82) is 0 Å². The van der Waals surface area contributed by atoms with Gasteiger partial charge in [0.05, 0.1) is 5.56 Å². The Bertz CT molecular complexity index is 532. The van der Waals surface area contributed by atoms with Crippen molar-refractivity contribution in [3.05, 3.63) is 40.7 Å². The van der Waals surface area contributed by atoms with Crippen LogP contribution in [-0.2, 0) is 0 Å². The predicted molar refractivity (Wildman–Crippen MR) is 63.1 cm³/mol. The molecule has 0 spiro atoms. The van der Waals surface area contributed by atoms with Gasteiger partial charge in [0.1, 0.15) is 0 Å². The van der Waals surface area contributed by atoms with Crippen molar-refractivity contribution >= 4 is 23.1 Å². The van der Waals surface area contributed by atoms with E-state index in [1.165, 1.54) is 29.7 Å². The highest BCUT2D eigenvalue weighted by atomic mass is 32.1. The Kier molecular flexibility index (Phi) is 3.83. The summed E-state index contributed by atoms with van der Waals surface area (Å²) >= 11 is 1.36. The first-order chi connectivity index (χ1) is 8.66. The topological polar surface area (TPSA) is 51.2 Å². The molecule has 0 bridgehead atoms. The van der Waals surface area contributed by atoms with Crippen LogP contribution in [0.1, 0.15) is 10.4 Å². The lowest BCUT2D eigenvalue weighted by molar-refractivity contribution is -0.0495. The van der Waals surface area contributed by atoms with Crippen LogP contribution in [0.3, 0.4) is 0 Å². The summed E-state index contributed by atoms with van der Waals surface area (Å²) in [5.74, 6) is -0.626. The molecule has 2 aromatic heterocycles. The van der Waals surface area contributed by atoms with E-state index in [2.05, 4.69) is 15.0 Å². The highest BCUT2D eigenvalue weighted by molar-refractivity contribution is 7.08. The molecule has 0 aromatic carbocycles. The molecule has 2 rings (SSSR count). The molecule has 1 amide bonds. The monoisotopic (exact) mass is 270 g/mol. The van der Waals surface area contributed by atoms with E-state index in [1.54, 1.807) is 16.8 Å². The molecule has 1 N–H and O–H groups in total. The Morgan fingerprint density at radius 2 is 2.28 bits per heavy atom. The van der Waals surface area contributed by atoms with Gasteiger partial charge >= 0.3 is 6.61 Å². The number of pyridine rings is 1. The number of ether oxygens (including phenoxy) is 1. The number of rotatable bonds is 4. The maximum absolute atomic E-state index is 12.2. The van der Waals surface area contributed by atoms with Crippen LogP contribution in [-0.4, -0.2) is 17.5 Å². The van der Waals surface area contributed by atoms with E-state index in [-0.39, 0.29) is 11.6 Å². The molecule has 2 aromatic rings. The highest BCUT2D eigenvalue weighted by Crippen LogP contribution is 2.23. The average Bonchev–Trinajstić information content (AvgIpc) is 2.84. The van der Waals surface area contributed by atoms with Crippen molar-refractivity contribution in [1.82, 2.24) is 4.98 Å². The molecule has 0 aliphatic carbocycles. The number of carbonyl (C=O) groups excluding carboxylic acids is 1. The molecular formula is C11H8F2N2O2S. The second-order valence-corrected chi connectivity index (χ2v) is 3.97. The minimum atomic E-state index is -2.97. The Morgan fingerprint density at radius 3 is 2.94 bits per heavy atom. The molecule has 18 heavy (non-hydrogen) atoms. The minimum Gasteiger partial charge on any atom is -0.431 e. The first-order valence-electron chi connectivity index (χ1n) is 4.90. The first-order valence-corrected chi connectivity index (χ1v) is 5.84. The third-order valence-corrected chi connectivity index (χ3v) is 2.69. The Balaban J connectivity index is 2.16. The zero-order valence-electron chi connectivity index (χ0n) is 8.97. The fraction of sp³-hybridized carbons (Fsp3) is 0.0909. The fourth-order valence-electron chi connectivity index (χ4n) is 1.25. The molecular weight excluding hydrogens is 262 g/mol. The molecule has 0 radical (unpaired) electrons. The summed E-state index contributed by atoms with van der Waals surface area (Å²) < 4.78 is 28.6. The van der Waals surface area contributed by atoms with Gasteiger partial charge < -0.3 is 10.1 Å². The van der Waals surface area contributed by atoms with E-state index in [0.29, 0.717) is 5.56 Å². The third kappa shape index (κ3) is 3.01. The molecule has 0 saturated heterocycles. The Labute approximate surface area is 105 Å². The zero-order valence-corrected chi connectivity index (χ0v) is 9.79. The normalized spacial score (nSPS) is 10.4. The van der Waals surface area contributed by atoms with Crippen LogP contribution >= 0.6 is 11.3 Å². The number of amides is 1. The summed E-state index contributed by atoms with van der Waals surface area (Å²) in [6.45, 7) is -2.97. The molecule has 0 unspecified atom stereocenters. The maximum atomic E-state index is 12.2. The van der Waals surface area contributed by atoms with E-state index >= 15 is 0 Å². The molecule has 0 aliphatic heterocycles. The number of alkyl halides is 2. The van der Waals surface area contributed by atoms with Gasteiger partial charge in [0, 0.05) is 11.6 Å². The average molecular weight is 270 g/mol. The first kappa shape index (κ1) is 12.4.